The van der Waals surface area contributed by atoms with Gasteiger partial charge in [0.2, 0.25) is 6.41 Å². The summed E-state index contributed by atoms with van der Waals surface area (Å²) in [5.74, 6) is -0.772. The van der Waals surface area contributed by atoms with Crippen molar-refractivity contribution in [2.45, 2.75) is 12.6 Å². The topological polar surface area (TPSA) is 91.4 Å². The van der Waals surface area contributed by atoms with Crippen LogP contribution in [0.15, 0.2) is 67.0 Å². The van der Waals surface area contributed by atoms with E-state index in [2.05, 4.69) is 15.6 Å². The zero-order chi connectivity index (χ0) is 21.8. The van der Waals surface area contributed by atoms with Crippen LogP contribution >= 0.6 is 0 Å². The molecule has 0 bridgehead atoms. The Bertz CT molecular complexity index is 1120. The van der Waals surface area contributed by atoms with Crippen molar-refractivity contribution in [3.05, 3.63) is 89.5 Å². The molecular weight excluding hydrogens is 399 g/mol. The molecule has 0 spiro atoms. The Balaban J connectivity index is 1.57. The predicted molar refractivity (Wildman–Crippen MR) is 111 cm³/mol. The number of rotatable bonds is 6. The van der Waals surface area contributed by atoms with Gasteiger partial charge in [-0.15, -0.1) is 0 Å². The maximum atomic E-state index is 13.6. The zero-order valence-electron chi connectivity index (χ0n) is 16.4. The minimum Gasteiger partial charge on any atom is -0.332 e. The molecule has 1 aromatic heterocycles. The summed E-state index contributed by atoms with van der Waals surface area (Å²) in [6, 6.07) is 14.2. The standard InChI is InChI=1S/C23H19FN4O3/c24-19-6-5-18-12-28(22(30)20(18)11-19)13-21(27-23(31)26-14-29)17-3-1-15(2-4-17)16-7-9-25-10-8-16/h1-11,14,21H,12-13H2,(H2,26,27,29,31)/t21-/m0/s1. The molecule has 0 aliphatic carbocycles. The third-order valence-corrected chi connectivity index (χ3v) is 5.18. The Morgan fingerprint density at radius 3 is 2.52 bits per heavy atom. The van der Waals surface area contributed by atoms with Crippen LogP contribution in [-0.2, 0) is 11.3 Å². The van der Waals surface area contributed by atoms with Gasteiger partial charge in [0.15, 0.2) is 0 Å². The second-order valence-corrected chi connectivity index (χ2v) is 7.13. The molecule has 31 heavy (non-hydrogen) atoms. The number of nitrogens with zero attached hydrogens (tertiary/aromatic N) is 2. The Morgan fingerprint density at radius 1 is 1.10 bits per heavy atom. The molecule has 1 aliphatic rings. The number of hydrogen-bond donors (Lipinski definition) is 2. The highest BCUT2D eigenvalue weighted by Crippen LogP contribution is 2.27. The summed E-state index contributed by atoms with van der Waals surface area (Å²) in [6.45, 7) is 0.479. The van der Waals surface area contributed by atoms with E-state index in [1.54, 1.807) is 23.4 Å². The highest BCUT2D eigenvalue weighted by Gasteiger charge is 2.30. The molecule has 2 heterocycles. The lowest BCUT2D eigenvalue weighted by atomic mass is 10.0. The Morgan fingerprint density at radius 2 is 1.81 bits per heavy atom. The van der Waals surface area contributed by atoms with Gasteiger partial charge in [0.25, 0.3) is 5.91 Å². The van der Waals surface area contributed by atoms with E-state index in [4.69, 9.17) is 0 Å². The molecule has 8 heteroatoms. The second-order valence-electron chi connectivity index (χ2n) is 7.13. The number of nitrogens with one attached hydrogen (secondary N) is 2. The Kier molecular flexibility index (Phi) is 5.70. The van der Waals surface area contributed by atoms with Crippen molar-refractivity contribution in [1.29, 1.82) is 0 Å². The summed E-state index contributed by atoms with van der Waals surface area (Å²) in [6.07, 6.45) is 3.70. The van der Waals surface area contributed by atoms with E-state index in [1.807, 2.05) is 36.4 Å². The SMILES string of the molecule is O=CNC(=O)N[C@@H](CN1Cc2ccc(F)cc2C1=O)c1ccc(-c2ccncc2)cc1. The molecule has 0 saturated carbocycles. The predicted octanol–water partition coefficient (Wildman–Crippen LogP) is 3.04. The van der Waals surface area contributed by atoms with Crippen LogP contribution in [0.2, 0.25) is 0 Å². The number of carbonyl (C=O) groups excluding carboxylic acids is 3. The first-order valence-corrected chi connectivity index (χ1v) is 9.64. The van der Waals surface area contributed by atoms with Gasteiger partial charge in [0, 0.05) is 31.0 Å². The monoisotopic (exact) mass is 418 g/mol. The van der Waals surface area contributed by atoms with Crippen molar-refractivity contribution < 1.29 is 18.8 Å². The molecule has 2 aromatic carbocycles. The van der Waals surface area contributed by atoms with Gasteiger partial charge in [0.05, 0.1) is 6.04 Å². The van der Waals surface area contributed by atoms with E-state index < -0.39 is 17.9 Å². The molecule has 4 amide bonds. The van der Waals surface area contributed by atoms with Crippen molar-refractivity contribution >= 4 is 18.3 Å². The molecule has 0 saturated heterocycles. The van der Waals surface area contributed by atoms with E-state index in [-0.39, 0.29) is 12.5 Å². The van der Waals surface area contributed by atoms with Crippen LogP contribution in [0.3, 0.4) is 0 Å². The highest BCUT2D eigenvalue weighted by molar-refractivity contribution is 5.98. The molecule has 156 valence electrons. The van der Waals surface area contributed by atoms with Crippen LogP contribution < -0.4 is 10.6 Å². The van der Waals surface area contributed by atoms with Gasteiger partial charge in [0.1, 0.15) is 5.82 Å². The number of imide groups is 1. The number of aromatic nitrogens is 1. The third-order valence-electron chi connectivity index (χ3n) is 5.18. The number of carbonyl (C=O) groups is 3. The molecule has 1 atom stereocenters. The first-order chi connectivity index (χ1) is 15.0. The zero-order valence-corrected chi connectivity index (χ0v) is 16.4. The van der Waals surface area contributed by atoms with Crippen LogP contribution in [0.25, 0.3) is 11.1 Å². The second kappa shape index (κ2) is 8.74. The van der Waals surface area contributed by atoms with Gasteiger partial charge in [-0.05, 0) is 46.5 Å². The van der Waals surface area contributed by atoms with Crippen LogP contribution in [0, 0.1) is 5.82 Å². The third kappa shape index (κ3) is 4.42. The smallest absolute Gasteiger partial charge is 0.321 e. The Labute approximate surface area is 177 Å². The maximum Gasteiger partial charge on any atom is 0.321 e. The lowest BCUT2D eigenvalue weighted by Gasteiger charge is -2.25. The number of halogens is 1. The largest absolute Gasteiger partial charge is 0.332 e. The minimum atomic E-state index is -0.673. The van der Waals surface area contributed by atoms with Crippen LogP contribution in [0.4, 0.5) is 9.18 Å². The maximum absolute atomic E-state index is 13.6. The van der Waals surface area contributed by atoms with Gasteiger partial charge in [-0.25, -0.2) is 9.18 Å². The summed E-state index contributed by atoms with van der Waals surface area (Å²) in [7, 11) is 0. The van der Waals surface area contributed by atoms with E-state index in [9.17, 15) is 18.8 Å². The first-order valence-electron chi connectivity index (χ1n) is 9.64. The number of benzene rings is 2. The van der Waals surface area contributed by atoms with Gasteiger partial charge in [-0.1, -0.05) is 30.3 Å². The quantitative estimate of drug-likeness (QED) is 0.602. The molecule has 3 aromatic rings. The van der Waals surface area contributed by atoms with Crippen LogP contribution in [-0.4, -0.2) is 34.8 Å². The van der Waals surface area contributed by atoms with Crippen molar-refractivity contribution in [2.24, 2.45) is 0 Å². The number of fused-ring (bicyclic) bond motifs is 1. The summed E-state index contributed by atoms with van der Waals surface area (Å²) < 4.78 is 13.6. The molecule has 0 unspecified atom stereocenters. The van der Waals surface area contributed by atoms with Crippen molar-refractivity contribution in [3.8, 4) is 11.1 Å². The number of hydrogen-bond acceptors (Lipinski definition) is 4. The average Bonchev–Trinajstić information content (AvgIpc) is 3.09. The van der Waals surface area contributed by atoms with Crippen molar-refractivity contribution in [2.75, 3.05) is 6.54 Å². The number of urea groups is 1. The molecule has 4 rings (SSSR count). The minimum absolute atomic E-state index is 0.163. The van der Waals surface area contributed by atoms with Gasteiger partial charge < -0.3 is 10.2 Å². The van der Waals surface area contributed by atoms with E-state index in [1.165, 1.54) is 12.1 Å². The molecule has 1 aliphatic heterocycles. The molecule has 0 fully saturated rings. The fraction of sp³-hybridized carbons (Fsp3) is 0.130. The summed E-state index contributed by atoms with van der Waals surface area (Å²) in [5.41, 5.74) is 3.78. The van der Waals surface area contributed by atoms with Gasteiger partial charge >= 0.3 is 6.03 Å². The number of pyridine rings is 1. The fourth-order valence-corrected chi connectivity index (χ4v) is 3.64. The van der Waals surface area contributed by atoms with E-state index >= 15 is 0 Å². The summed E-state index contributed by atoms with van der Waals surface area (Å²) in [5, 5.41) is 4.77. The van der Waals surface area contributed by atoms with Crippen molar-refractivity contribution in [1.82, 2.24) is 20.5 Å². The molecular formula is C23H19FN4O3. The van der Waals surface area contributed by atoms with E-state index in [0.717, 1.165) is 22.3 Å². The van der Waals surface area contributed by atoms with Gasteiger partial charge in [-0.3, -0.25) is 19.9 Å². The normalized spacial score (nSPS) is 13.5. The van der Waals surface area contributed by atoms with Gasteiger partial charge in [-0.2, -0.15) is 0 Å². The van der Waals surface area contributed by atoms with Crippen LogP contribution in [0.5, 0.6) is 0 Å². The summed E-state index contributed by atoms with van der Waals surface area (Å²) in [4.78, 5) is 40.9. The highest BCUT2D eigenvalue weighted by atomic mass is 19.1. The molecule has 2 N–H and O–H groups in total. The van der Waals surface area contributed by atoms with Crippen molar-refractivity contribution in [3.63, 3.8) is 0 Å². The van der Waals surface area contributed by atoms with Crippen LogP contribution in [0.1, 0.15) is 27.5 Å². The fourth-order valence-electron chi connectivity index (χ4n) is 3.64. The van der Waals surface area contributed by atoms with E-state index in [0.29, 0.717) is 18.5 Å². The first kappa shape index (κ1) is 20.2. The lowest BCUT2D eigenvalue weighted by molar-refractivity contribution is -0.108. The summed E-state index contributed by atoms with van der Waals surface area (Å²) >= 11 is 0. The Hall–Kier alpha value is -4.07. The molecule has 0 radical (unpaired) electrons. The molecule has 7 nitrogen and oxygen atoms in total. The number of amides is 4. The lowest BCUT2D eigenvalue weighted by Crippen LogP contribution is -2.42. The average molecular weight is 418 g/mol.